The molecule has 0 amide bonds. The van der Waals surface area contributed by atoms with E-state index in [9.17, 15) is 13.2 Å². The summed E-state index contributed by atoms with van der Waals surface area (Å²) in [6, 6.07) is 0. The Morgan fingerprint density at radius 1 is 1.43 bits per heavy atom. The highest BCUT2D eigenvalue weighted by Crippen LogP contribution is 1.95. The Labute approximate surface area is 83.5 Å². The molecule has 0 aromatic carbocycles. The summed E-state index contributed by atoms with van der Waals surface area (Å²) >= 11 is 0. The Morgan fingerprint density at radius 3 is 2.57 bits per heavy atom. The normalized spacial score (nSPS) is 11.9. The molecule has 0 atom stereocenters. The third-order valence-electron chi connectivity index (χ3n) is 1.34. The van der Waals surface area contributed by atoms with E-state index in [0.717, 1.165) is 0 Å². The molecule has 0 aromatic heterocycles. The van der Waals surface area contributed by atoms with Crippen molar-refractivity contribution in [1.82, 2.24) is 0 Å². The Morgan fingerprint density at radius 2 is 2.07 bits per heavy atom. The molecule has 0 spiro atoms. The standard InChI is InChI=1S/C8H14O5S/c1-2-5-8(9)13-6-3-4-7-14(10,11)12/h2,5H,3-4,6-7H2,1H3,(H,10,11,12). The number of unbranched alkanes of at least 4 members (excludes halogenated alkanes) is 1. The van der Waals surface area contributed by atoms with Crippen molar-refractivity contribution in [2.75, 3.05) is 12.4 Å². The SMILES string of the molecule is CC=CC(=O)OCCCCS(=O)(=O)O. The van der Waals surface area contributed by atoms with Gasteiger partial charge in [-0.2, -0.15) is 8.42 Å². The van der Waals surface area contributed by atoms with E-state index in [-0.39, 0.29) is 18.8 Å². The van der Waals surface area contributed by atoms with Crippen molar-refractivity contribution in [1.29, 1.82) is 0 Å². The Bertz CT molecular complexity index is 291. The van der Waals surface area contributed by atoms with Gasteiger partial charge in [0.1, 0.15) is 0 Å². The maximum absolute atomic E-state index is 10.7. The molecule has 0 rings (SSSR count). The van der Waals surface area contributed by atoms with E-state index in [4.69, 9.17) is 9.29 Å². The summed E-state index contributed by atoms with van der Waals surface area (Å²) in [5, 5.41) is 0. The van der Waals surface area contributed by atoms with Crippen LogP contribution in [0, 0.1) is 0 Å². The minimum Gasteiger partial charge on any atom is -0.463 e. The van der Waals surface area contributed by atoms with Crippen LogP contribution >= 0.6 is 0 Å². The molecule has 14 heavy (non-hydrogen) atoms. The van der Waals surface area contributed by atoms with Gasteiger partial charge >= 0.3 is 5.97 Å². The molecule has 1 N–H and O–H groups in total. The van der Waals surface area contributed by atoms with Crippen LogP contribution in [-0.2, 0) is 19.6 Å². The molecular weight excluding hydrogens is 208 g/mol. The molecule has 0 aliphatic heterocycles. The molecule has 0 saturated carbocycles. The summed E-state index contributed by atoms with van der Waals surface area (Å²) in [5.74, 6) is -0.742. The summed E-state index contributed by atoms with van der Waals surface area (Å²) in [5.41, 5.74) is 0. The maximum atomic E-state index is 10.7. The lowest BCUT2D eigenvalue weighted by molar-refractivity contribution is -0.137. The van der Waals surface area contributed by atoms with Crippen LogP contribution in [0.1, 0.15) is 19.8 Å². The molecule has 0 saturated heterocycles. The molecule has 0 bridgehead atoms. The predicted molar refractivity (Wildman–Crippen MR) is 51.4 cm³/mol. The smallest absolute Gasteiger partial charge is 0.330 e. The average molecular weight is 222 g/mol. The lowest BCUT2D eigenvalue weighted by atomic mass is 10.4. The van der Waals surface area contributed by atoms with Gasteiger partial charge in [-0.1, -0.05) is 6.08 Å². The van der Waals surface area contributed by atoms with Gasteiger partial charge < -0.3 is 4.74 Å². The van der Waals surface area contributed by atoms with Crippen LogP contribution < -0.4 is 0 Å². The van der Waals surface area contributed by atoms with Gasteiger partial charge in [-0.15, -0.1) is 0 Å². The first-order valence-electron chi connectivity index (χ1n) is 4.20. The first-order chi connectivity index (χ1) is 6.45. The Balaban J connectivity index is 3.44. The number of allylic oxidation sites excluding steroid dienone is 1. The van der Waals surface area contributed by atoms with Gasteiger partial charge in [0.2, 0.25) is 0 Å². The molecule has 0 unspecified atom stereocenters. The number of carbonyl (C=O) groups is 1. The number of hydrogen-bond donors (Lipinski definition) is 1. The van der Waals surface area contributed by atoms with Crippen molar-refractivity contribution < 1.29 is 22.5 Å². The minimum absolute atomic E-state index is 0.165. The quantitative estimate of drug-likeness (QED) is 0.311. The lowest BCUT2D eigenvalue weighted by Gasteiger charge is -2.00. The van der Waals surface area contributed by atoms with Crippen molar-refractivity contribution in [3.05, 3.63) is 12.2 Å². The van der Waals surface area contributed by atoms with Crippen LogP contribution in [0.5, 0.6) is 0 Å². The van der Waals surface area contributed by atoms with Crippen molar-refractivity contribution in [3.63, 3.8) is 0 Å². The third-order valence-corrected chi connectivity index (χ3v) is 2.15. The molecule has 6 heteroatoms. The van der Waals surface area contributed by atoms with Crippen molar-refractivity contribution in [2.45, 2.75) is 19.8 Å². The molecule has 0 aliphatic rings. The van der Waals surface area contributed by atoms with Crippen LogP contribution in [0.15, 0.2) is 12.2 Å². The fourth-order valence-electron chi connectivity index (χ4n) is 0.743. The molecule has 0 fully saturated rings. The molecule has 82 valence electrons. The highest BCUT2D eigenvalue weighted by molar-refractivity contribution is 7.85. The zero-order valence-corrected chi connectivity index (χ0v) is 8.79. The topological polar surface area (TPSA) is 80.7 Å². The number of ether oxygens (including phenoxy) is 1. The van der Waals surface area contributed by atoms with E-state index in [0.29, 0.717) is 6.42 Å². The van der Waals surface area contributed by atoms with Crippen LogP contribution in [0.25, 0.3) is 0 Å². The molecule has 0 radical (unpaired) electrons. The highest BCUT2D eigenvalue weighted by Gasteiger charge is 2.03. The average Bonchev–Trinajstić information content (AvgIpc) is 2.02. The van der Waals surface area contributed by atoms with Gasteiger partial charge in [0.15, 0.2) is 0 Å². The number of carbonyl (C=O) groups excluding carboxylic acids is 1. The number of esters is 1. The van der Waals surface area contributed by atoms with E-state index in [1.54, 1.807) is 13.0 Å². The minimum atomic E-state index is -3.89. The van der Waals surface area contributed by atoms with Gasteiger partial charge in [0.05, 0.1) is 12.4 Å². The molecular formula is C8H14O5S. The molecule has 0 aliphatic carbocycles. The second-order valence-corrected chi connectivity index (χ2v) is 4.23. The van der Waals surface area contributed by atoms with Gasteiger partial charge in [-0.25, -0.2) is 4.79 Å². The van der Waals surface area contributed by atoms with Crippen LogP contribution in [0.2, 0.25) is 0 Å². The maximum Gasteiger partial charge on any atom is 0.330 e. The van der Waals surface area contributed by atoms with Gasteiger partial charge in [-0.05, 0) is 19.8 Å². The van der Waals surface area contributed by atoms with Gasteiger partial charge in [0, 0.05) is 6.08 Å². The van der Waals surface area contributed by atoms with E-state index >= 15 is 0 Å². The molecule has 0 heterocycles. The zero-order valence-electron chi connectivity index (χ0n) is 7.97. The first kappa shape index (κ1) is 13.1. The molecule has 0 aromatic rings. The summed E-state index contributed by atoms with van der Waals surface area (Å²) < 4.78 is 33.6. The zero-order chi connectivity index (χ0) is 11.0. The summed E-state index contributed by atoms with van der Waals surface area (Å²) in [4.78, 5) is 10.7. The van der Waals surface area contributed by atoms with Crippen LogP contribution in [0.3, 0.4) is 0 Å². The monoisotopic (exact) mass is 222 g/mol. The fraction of sp³-hybridized carbons (Fsp3) is 0.625. The number of rotatable bonds is 6. The Kier molecular flexibility index (Phi) is 6.14. The lowest BCUT2D eigenvalue weighted by Crippen LogP contribution is -2.07. The van der Waals surface area contributed by atoms with Crippen molar-refractivity contribution >= 4 is 16.1 Å². The predicted octanol–water partition coefficient (Wildman–Crippen LogP) is 0.774. The van der Waals surface area contributed by atoms with Crippen molar-refractivity contribution in [3.8, 4) is 0 Å². The van der Waals surface area contributed by atoms with Crippen molar-refractivity contribution in [2.24, 2.45) is 0 Å². The summed E-state index contributed by atoms with van der Waals surface area (Å²) in [6.45, 7) is 1.86. The van der Waals surface area contributed by atoms with E-state index in [1.807, 2.05) is 0 Å². The van der Waals surface area contributed by atoms with Gasteiger partial charge in [-0.3, -0.25) is 4.55 Å². The Hall–Kier alpha value is -0.880. The highest BCUT2D eigenvalue weighted by atomic mass is 32.2. The summed E-state index contributed by atoms with van der Waals surface area (Å²) in [7, 11) is -3.89. The van der Waals surface area contributed by atoms with Crippen LogP contribution in [-0.4, -0.2) is 31.3 Å². The first-order valence-corrected chi connectivity index (χ1v) is 5.81. The summed E-state index contributed by atoms with van der Waals surface area (Å²) in [6.07, 6.45) is 3.54. The fourth-order valence-corrected chi connectivity index (χ4v) is 1.31. The van der Waals surface area contributed by atoms with Crippen LogP contribution in [0.4, 0.5) is 0 Å². The van der Waals surface area contributed by atoms with Gasteiger partial charge in [0.25, 0.3) is 10.1 Å². The second kappa shape index (κ2) is 6.56. The molecule has 5 nitrogen and oxygen atoms in total. The van der Waals surface area contributed by atoms with E-state index in [1.165, 1.54) is 6.08 Å². The largest absolute Gasteiger partial charge is 0.463 e. The number of hydrogen-bond acceptors (Lipinski definition) is 4. The third kappa shape index (κ3) is 9.21. The van der Waals surface area contributed by atoms with E-state index in [2.05, 4.69) is 0 Å². The van der Waals surface area contributed by atoms with E-state index < -0.39 is 16.1 Å². The second-order valence-electron chi connectivity index (χ2n) is 2.66.